The highest BCUT2D eigenvalue weighted by molar-refractivity contribution is 5.86. The molecule has 4 aliphatic rings. The van der Waals surface area contributed by atoms with Crippen molar-refractivity contribution in [3.63, 3.8) is 0 Å². The van der Waals surface area contributed by atoms with Crippen LogP contribution in [0.5, 0.6) is 0 Å². The molecule has 1 N–H and O–H groups in total. The number of rotatable bonds is 6. The van der Waals surface area contributed by atoms with Crippen LogP contribution in [0.15, 0.2) is 12.2 Å². The lowest BCUT2D eigenvalue weighted by molar-refractivity contribution is -0.136. The van der Waals surface area contributed by atoms with Gasteiger partial charge in [0.2, 0.25) is 0 Å². The maximum Gasteiger partial charge on any atom is 0.331 e. The quantitative estimate of drug-likeness (QED) is 0.707. The summed E-state index contributed by atoms with van der Waals surface area (Å²) in [6.45, 7) is 8.46. The summed E-state index contributed by atoms with van der Waals surface area (Å²) in [4.78, 5) is 11.6. The maximum absolute atomic E-state index is 11.6. The van der Waals surface area contributed by atoms with Crippen molar-refractivity contribution in [3.05, 3.63) is 12.2 Å². The molecule has 118 valence electrons. The second-order valence-electron chi connectivity index (χ2n) is 8.63. The molecule has 0 aromatic carbocycles. The fourth-order valence-corrected chi connectivity index (χ4v) is 6.10. The van der Waals surface area contributed by atoms with Crippen LogP contribution in [0.2, 0.25) is 0 Å². The monoisotopic (exact) mass is 290 g/mol. The minimum atomic E-state index is -0.764. The summed E-state index contributed by atoms with van der Waals surface area (Å²) in [7, 11) is 0. The molecule has 0 aliphatic heterocycles. The van der Waals surface area contributed by atoms with Crippen LogP contribution in [0, 0.1) is 35.0 Å². The SMILES string of the molecule is C=C(C(=O)O)C(CCC(C)C)C12CC3CC(CC(C3)C1)C2. The second-order valence-corrected chi connectivity index (χ2v) is 8.63. The summed E-state index contributed by atoms with van der Waals surface area (Å²) in [5, 5.41) is 9.52. The maximum atomic E-state index is 11.6. The highest BCUT2D eigenvalue weighted by Gasteiger charge is 2.54. The van der Waals surface area contributed by atoms with E-state index in [2.05, 4.69) is 20.4 Å². The van der Waals surface area contributed by atoms with E-state index in [0.29, 0.717) is 11.5 Å². The number of hydrogen-bond donors (Lipinski definition) is 1. The Labute approximate surface area is 129 Å². The van der Waals surface area contributed by atoms with E-state index in [1.807, 2.05) is 0 Å². The fourth-order valence-electron chi connectivity index (χ4n) is 6.10. The van der Waals surface area contributed by atoms with Gasteiger partial charge in [0.15, 0.2) is 0 Å². The van der Waals surface area contributed by atoms with Gasteiger partial charge in [0, 0.05) is 5.57 Å². The van der Waals surface area contributed by atoms with Crippen LogP contribution < -0.4 is 0 Å². The average molecular weight is 290 g/mol. The molecule has 4 saturated carbocycles. The minimum Gasteiger partial charge on any atom is -0.478 e. The Balaban J connectivity index is 1.84. The molecule has 0 radical (unpaired) electrons. The Kier molecular flexibility index (Phi) is 3.92. The molecule has 4 aliphatic carbocycles. The Bertz CT molecular complexity index is 400. The number of carboxylic acids is 1. The molecule has 4 bridgehead atoms. The summed E-state index contributed by atoms with van der Waals surface area (Å²) < 4.78 is 0. The van der Waals surface area contributed by atoms with Crippen LogP contribution in [0.4, 0.5) is 0 Å². The number of carboxylic acid groups (broad SMARTS) is 1. The Morgan fingerprint density at radius 3 is 1.95 bits per heavy atom. The Hall–Kier alpha value is -0.790. The summed E-state index contributed by atoms with van der Waals surface area (Å²) in [5.41, 5.74) is 0.775. The summed E-state index contributed by atoms with van der Waals surface area (Å²) in [5.74, 6) is 2.71. The molecule has 4 fully saturated rings. The zero-order chi connectivity index (χ0) is 15.2. The largest absolute Gasteiger partial charge is 0.478 e. The highest BCUT2D eigenvalue weighted by Crippen LogP contribution is 2.64. The molecular formula is C19H30O2. The van der Waals surface area contributed by atoms with Gasteiger partial charge in [-0.05, 0) is 80.0 Å². The van der Waals surface area contributed by atoms with Crippen molar-refractivity contribution in [2.75, 3.05) is 0 Å². The predicted molar refractivity (Wildman–Crippen MR) is 84.9 cm³/mol. The van der Waals surface area contributed by atoms with Crippen LogP contribution >= 0.6 is 0 Å². The van der Waals surface area contributed by atoms with Crippen LogP contribution in [-0.4, -0.2) is 11.1 Å². The fraction of sp³-hybridized carbons (Fsp3) is 0.842. The van der Waals surface area contributed by atoms with Gasteiger partial charge in [-0.3, -0.25) is 0 Å². The first-order chi connectivity index (χ1) is 9.89. The van der Waals surface area contributed by atoms with E-state index in [-0.39, 0.29) is 11.3 Å². The Morgan fingerprint density at radius 2 is 1.57 bits per heavy atom. The van der Waals surface area contributed by atoms with Gasteiger partial charge >= 0.3 is 5.97 Å². The van der Waals surface area contributed by atoms with E-state index in [0.717, 1.165) is 30.6 Å². The van der Waals surface area contributed by atoms with Crippen LogP contribution in [0.1, 0.15) is 65.2 Å². The smallest absolute Gasteiger partial charge is 0.331 e. The van der Waals surface area contributed by atoms with E-state index in [9.17, 15) is 9.90 Å². The van der Waals surface area contributed by atoms with Gasteiger partial charge in [-0.1, -0.05) is 26.8 Å². The van der Waals surface area contributed by atoms with E-state index in [4.69, 9.17) is 0 Å². The summed E-state index contributed by atoms with van der Waals surface area (Å²) >= 11 is 0. The first-order valence-corrected chi connectivity index (χ1v) is 8.81. The van der Waals surface area contributed by atoms with Gasteiger partial charge < -0.3 is 5.11 Å². The van der Waals surface area contributed by atoms with Crippen molar-refractivity contribution in [2.24, 2.45) is 35.0 Å². The first kappa shape index (κ1) is 15.1. The molecule has 0 saturated heterocycles. The molecule has 1 unspecified atom stereocenters. The van der Waals surface area contributed by atoms with Crippen molar-refractivity contribution >= 4 is 5.97 Å². The average Bonchev–Trinajstić information content (AvgIpc) is 2.36. The lowest BCUT2D eigenvalue weighted by Crippen LogP contribution is -2.50. The molecule has 0 heterocycles. The van der Waals surface area contributed by atoms with E-state index in [1.54, 1.807) is 0 Å². The first-order valence-electron chi connectivity index (χ1n) is 8.81. The minimum absolute atomic E-state index is 0.214. The molecule has 0 amide bonds. The number of carbonyl (C=O) groups is 1. The second kappa shape index (κ2) is 5.44. The summed E-state index contributed by atoms with van der Waals surface area (Å²) in [6.07, 6.45) is 10.2. The summed E-state index contributed by atoms with van der Waals surface area (Å²) in [6, 6.07) is 0. The lowest BCUT2D eigenvalue weighted by atomic mass is 9.45. The van der Waals surface area contributed by atoms with Crippen molar-refractivity contribution in [1.82, 2.24) is 0 Å². The van der Waals surface area contributed by atoms with Gasteiger partial charge in [0.25, 0.3) is 0 Å². The molecule has 2 nitrogen and oxygen atoms in total. The molecule has 0 spiro atoms. The van der Waals surface area contributed by atoms with E-state index >= 15 is 0 Å². The standard InChI is InChI=1S/C19H30O2/c1-12(2)4-5-17(13(3)18(20)21)19-9-14-6-15(10-19)8-16(7-14)11-19/h12,14-17H,3-11H2,1-2H3,(H,20,21). The van der Waals surface area contributed by atoms with Gasteiger partial charge in [0.1, 0.15) is 0 Å². The van der Waals surface area contributed by atoms with Crippen LogP contribution in [-0.2, 0) is 4.79 Å². The molecule has 0 aromatic rings. The number of hydrogen-bond acceptors (Lipinski definition) is 1. The third kappa shape index (κ3) is 2.78. The van der Waals surface area contributed by atoms with Gasteiger partial charge in [0.05, 0.1) is 0 Å². The predicted octanol–water partition coefficient (Wildman–Crippen LogP) is 4.90. The molecule has 1 atom stereocenters. The zero-order valence-electron chi connectivity index (χ0n) is 13.6. The zero-order valence-corrected chi connectivity index (χ0v) is 13.6. The molecule has 21 heavy (non-hydrogen) atoms. The van der Waals surface area contributed by atoms with Crippen molar-refractivity contribution < 1.29 is 9.90 Å². The topological polar surface area (TPSA) is 37.3 Å². The van der Waals surface area contributed by atoms with Gasteiger partial charge in [-0.25, -0.2) is 4.79 Å². The van der Waals surface area contributed by atoms with E-state index < -0.39 is 5.97 Å². The van der Waals surface area contributed by atoms with Gasteiger partial charge in [-0.2, -0.15) is 0 Å². The third-order valence-electron chi connectivity index (χ3n) is 6.55. The molecule has 4 rings (SSSR count). The van der Waals surface area contributed by atoms with Crippen molar-refractivity contribution in [1.29, 1.82) is 0 Å². The van der Waals surface area contributed by atoms with Gasteiger partial charge in [-0.15, -0.1) is 0 Å². The van der Waals surface area contributed by atoms with E-state index in [1.165, 1.54) is 38.5 Å². The lowest BCUT2D eigenvalue weighted by Gasteiger charge is -2.59. The normalized spacial score (nSPS) is 38.7. The molecule has 2 heteroatoms. The Morgan fingerprint density at radius 1 is 1.10 bits per heavy atom. The number of aliphatic carboxylic acids is 1. The van der Waals surface area contributed by atoms with Crippen LogP contribution in [0.25, 0.3) is 0 Å². The third-order valence-corrected chi connectivity index (χ3v) is 6.55. The van der Waals surface area contributed by atoms with Crippen molar-refractivity contribution in [3.8, 4) is 0 Å². The highest BCUT2D eigenvalue weighted by atomic mass is 16.4. The molecule has 0 aromatic heterocycles. The molecular weight excluding hydrogens is 260 g/mol. The van der Waals surface area contributed by atoms with Crippen LogP contribution in [0.3, 0.4) is 0 Å². The van der Waals surface area contributed by atoms with Crippen molar-refractivity contribution in [2.45, 2.75) is 65.2 Å².